The van der Waals surface area contributed by atoms with Crippen LogP contribution in [0, 0.1) is 5.92 Å². The van der Waals surface area contributed by atoms with Gasteiger partial charge in [-0.15, -0.1) is 0 Å². The first-order chi connectivity index (χ1) is 6.69. The molecule has 3 heteroatoms. The van der Waals surface area contributed by atoms with Crippen LogP contribution in [0.4, 0.5) is 0 Å². The second-order valence-corrected chi connectivity index (χ2v) is 4.02. The van der Waals surface area contributed by atoms with E-state index in [2.05, 4.69) is 13.8 Å². The Balaban J connectivity index is 2.58. The normalized spacial score (nSPS) is 13.5. The molecule has 2 nitrogen and oxygen atoms in total. The molecule has 1 heterocycles. The van der Waals surface area contributed by atoms with Crippen LogP contribution < -0.4 is 5.73 Å². The van der Waals surface area contributed by atoms with Gasteiger partial charge in [0.15, 0.2) is 5.22 Å². The van der Waals surface area contributed by atoms with Gasteiger partial charge in [-0.25, -0.2) is 0 Å². The Kier molecular flexibility index (Phi) is 4.49. The van der Waals surface area contributed by atoms with Crippen LogP contribution in [0.1, 0.15) is 44.7 Å². The van der Waals surface area contributed by atoms with Gasteiger partial charge in [-0.2, -0.15) is 0 Å². The molecule has 2 N–H and O–H groups in total. The zero-order valence-corrected chi connectivity index (χ0v) is 9.55. The molecule has 1 aromatic rings. The van der Waals surface area contributed by atoms with Gasteiger partial charge in [0.05, 0.1) is 6.26 Å². The van der Waals surface area contributed by atoms with Crippen LogP contribution >= 0.6 is 11.6 Å². The van der Waals surface area contributed by atoms with Gasteiger partial charge in [-0.1, -0.05) is 26.7 Å². The van der Waals surface area contributed by atoms with E-state index in [-0.39, 0.29) is 6.04 Å². The van der Waals surface area contributed by atoms with Crippen LogP contribution in [0.15, 0.2) is 16.7 Å². The van der Waals surface area contributed by atoms with E-state index < -0.39 is 0 Å². The summed E-state index contributed by atoms with van der Waals surface area (Å²) in [6, 6.07) is 1.86. The summed E-state index contributed by atoms with van der Waals surface area (Å²) in [5.74, 6) is 0.677. The molecule has 14 heavy (non-hydrogen) atoms. The number of furan rings is 1. The number of hydrogen-bond acceptors (Lipinski definition) is 2. The molecule has 0 saturated heterocycles. The minimum absolute atomic E-state index is 0.00569. The minimum atomic E-state index is 0.00569. The molecule has 1 aromatic heterocycles. The summed E-state index contributed by atoms with van der Waals surface area (Å²) in [6.45, 7) is 4.38. The third-order valence-corrected chi connectivity index (χ3v) is 3.09. The van der Waals surface area contributed by atoms with Crippen molar-refractivity contribution in [3.8, 4) is 0 Å². The van der Waals surface area contributed by atoms with E-state index in [0.717, 1.165) is 12.0 Å². The van der Waals surface area contributed by atoms with Crippen molar-refractivity contribution in [3.63, 3.8) is 0 Å². The molecule has 1 unspecified atom stereocenters. The highest BCUT2D eigenvalue weighted by atomic mass is 35.5. The Morgan fingerprint density at radius 2 is 2.07 bits per heavy atom. The van der Waals surface area contributed by atoms with Crippen LogP contribution in [0.25, 0.3) is 0 Å². The second kappa shape index (κ2) is 5.42. The highest BCUT2D eigenvalue weighted by molar-refractivity contribution is 6.29. The molecular weight excluding hydrogens is 198 g/mol. The van der Waals surface area contributed by atoms with Crippen LogP contribution in [-0.4, -0.2) is 0 Å². The Morgan fingerprint density at radius 1 is 1.43 bits per heavy atom. The molecule has 0 radical (unpaired) electrons. The summed E-state index contributed by atoms with van der Waals surface area (Å²) in [7, 11) is 0. The maximum Gasteiger partial charge on any atom is 0.197 e. The Hall–Kier alpha value is -0.470. The quantitative estimate of drug-likeness (QED) is 0.813. The monoisotopic (exact) mass is 215 g/mol. The van der Waals surface area contributed by atoms with E-state index in [4.69, 9.17) is 21.8 Å². The Labute approximate surface area is 90.4 Å². The van der Waals surface area contributed by atoms with Crippen LogP contribution in [0.2, 0.25) is 5.22 Å². The number of rotatable bonds is 5. The third kappa shape index (κ3) is 2.76. The lowest BCUT2D eigenvalue weighted by atomic mass is 9.93. The van der Waals surface area contributed by atoms with Crippen LogP contribution in [0.5, 0.6) is 0 Å². The number of halogens is 1. The van der Waals surface area contributed by atoms with Crippen molar-refractivity contribution in [2.45, 2.75) is 39.2 Å². The topological polar surface area (TPSA) is 39.2 Å². The number of hydrogen-bond donors (Lipinski definition) is 1. The van der Waals surface area contributed by atoms with Crippen molar-refractivity contribution in [1.82, 2.24) is 0 Å². The summed E-state index contributed by atoms with van der Waals surface area (Å²) < 4.78 is 5.02. The summed E-state index contributed by atoms with van der Waals surface area (Å²) in [5.41, 5.74) is 6.98. The molecule has 0 saturated carbocycles. The Morgan fingerprint density at radius 3 is 2.50 bits per heavy atom. The van der Waals surface area contributed by atoms with Gasteiger partial charge in [0, 0.05) is 11.6 Å². The van der Waals surface area contributed by atoms with Crippen molar-refractivity contribution < 1.29 is 4.42 Å². The lowest BCUT2D eigenvalue weighted by Crippen LogP contribution is -2.14. The first-order valence-corrected chi connectivity index (χ1v) is 5.55. The van der Waals surface area contributed by atoms with E-state index in [1.54, 1.807) is 6.26 Å². The molecule has 80 valence electrons. The van der Waals surface area contributed by atoms with Crippen LogP contribution in [-0.2, 0) is 0 Å². The zero-order valence-electron chi connectivity index (χ0n) is 8.79. The lowest BCUT2D eigenvalue weighted by molar-refractivity contribution is 0.413. The van der Waals surface area contributed by atoms with E-state index in [1.807, 2.05) is 6.07 Å². The predicted octanol–water partition coefficient (Wildman–Crippen LogP) is 3.76. The molecular formula is C11H18ClNO. The van der Waals surface area contributed by atoms with Crippen molar-refractivity contribution in [2.75, 3.05) is 0 Å². The van der Waals surface area contributed by atoms with Gasteiger partial charge in [0.2, 0.25) is 0 Å². The molecule has 1 rings (SSSR count). The van der Waals surface area contributed by atoms with Crippen molar-refractivity contribution >= 4 is 11.6 Å². The largest absolute Gasteiger partial charge is 0.453 e. The Bertz CT molecular complexity index is 268. The van der Waals surface area contributed by atoms with E-state index in [1.165, 1.54) is 12.8 Å². The fraction of sp³-hybridized carbons (Fsp3) is 0.636. The van der Waals surface area contributed by atoms with E-state index in [0.29, 0.717) is 11.1 Å². The average molecular weight is 216 g/mol. The zero-order chi connectivity index (χ0) is 10.6. The third-order valence-electron chi connectivity index (χ3n) is 2.79. The molecule has 0 amide bonds. The van der Waals surface area contributed by atoms with Gasteiger partial charge in [-0.3, -0.25) is 0 Å². The fourth-order valence-corrected chi connectivity index (χ4v) is 1.93. The molecule has 0 fully saturated rings. The predicted molar refractivity (Wildman–Crippen MR) is 59.3 cm³/mol. The first kappa shape index (κ1) is 11.6. The van der Waals surface area contributed by atoms with Crippen molar-refractivity contribution in [2.24, 2.45) is 11.7 Å². The molecule has 0 aliphatic rings. The van der Waals surface area contributed by atoms with Gasteiger partial charge in [0.25, 0.3) is 0 Å². The second-order valence-electron chi connectivity index (χ2n) is 3.67. The molecule has 0 aromatic carbocycles. The summed E-state index contributed by atoms with van der Waals surface area (Å²) in [4.78, 5) is 0. The minimum Gasteiger partial charge on any atom is -0.453 e. The highest BCUT2D eigenvalue weighted by Gasteiger charge is 2.16. The highest BCUT2D eigenvalue weighted by Crippen LogP contribution is 2.28. The molecule has 1 atom stereocenters. The average Bonchev–Trinajstić information content (AvgIpc) is 2.60. The smallest absolute Gasteiger partial charge is 0.197 e. The van der Waals surface area contributed by atoms with Crippen LogP contribution in [0.3, 0.4) is 0 Å². The van der Waals surface area contributed by atoms with Gasteiger partial charge in [-0.05, 0) is 30.0 Å². The summed E-state index contributed by atoms with van der Waals surface area (Å²) in [5, 5.41) is 0.434. The molecule has 0 aliphatic heterocycles. The van der Waals surface area contributed by atoms with Crippen molar-refractivity contribution in [3.05, 3.63) is 23.1 Å². The molecule has 0 aliphatic carbocycles. The first-order valence-electron chi connectivity index (χ1n) is 5.17. The van der Waals surface area contributed by atoms with Gasteiger partial charge < -0.3 is 10.2 Å². The maximum absolute atomic E-state index is 6.05. The molecule has 0 bridgehead atoms. The SMILES string of the molecule is CCC(CC)CC(N)c1ccoc1Cl. The maximum atomic E-state index is 6.05. The fourth-order valence-electron chi connectivity index (χ4n) is 1.68. The summed E-state index contributed by atoms with van der Waals surface area (Å²) >= 11 is 5.86. The molecule has 0 spiro atoms. The van der Waals surface area contributed by atoms with Crippen molar-refractivity contribution in [1.29, 1.82) is 0 Å². The summed E-state index contributed by atoms with van der Waals surface area (Å²) in [6.07, 6.45) is 4.90. The van der Waals surface area contributed by atoms with Gasteiger partial charge >= 0.3 is 0 Å². The van der Waals surface area contributed by atoms with Gasteiger partial charge in [0.1, 0.15) is 0 Å². The lowest BCUT2D eigenvalue weighted by Gasteiger charge is -2.17. The number of nitrogens with two attached hydrogens (primary N) is 1. The van der Waals surface area contributed by atoms with E-state index >= 15 is 0 Å². The standard InChI is InChI=1S/C11H18ClNO/c1-3-8(4-2)7-10(13)9-5-6-14-11(9)12/h5-6,8,10H,3-4,7,13H2,1-2H3. The van der Waals surface area contributed by atoms with E-state index in [9.17, 15) is 0 Å².